The minimum Gasteiger partial charge on any atom is -0.493 e. The molecule has 10 heteroatoms. The van der Waals surface area contributed by atoms with Crippen LogP contribution in [0.2, 0.25) is 0 Å². The number of nitrogens with one attached hydrogen (secondary N) is 3. The third-order valence-corrected chi connectivity index (χ3v) is 5.29. The normalized spacial score (nSPS) is 10.5. The number of likely N-dealkylation sites (N-methyl/N-ethyl adjacent to an activating group) is 1. The first kappa shape index (κ1) is 24.7. The Bertz CT molecular complexity index is 1350. The summed E-state index contributed by atoms with van der Waals surface area (Å²) in [6, 6.07) is 9.97. The molecule has 34 heavy (non-hydrogen) atoms. The molecular formula is C24H26N4O5S. The second kappa shape index (κ2) is 11.3. The second-order valence-electron chi connectivity index (χ2n) is 7.31. The van der Waals surface area contributed by atoms with Crippen LogP contribution in [0.3, 0.4) is 0 Å². The number of hydrogen-bond acceptors (Lipinski definition) is 6. The van der Waals surface area contributed by atoms with Gasteiger partial charge in [0.2, 0.25) is 0 Å². The number of methoxy groups -OCH3 is 1. The van der Waals surface area contributed by atoms with Crippen molar-refractivity contribution in [2.24, 2.45) is 0 Å². The summed E-state index contributed by atoms with van der Waals surface area (Å²) >= 11 is 5.25. The number of aromatic nitrogens is 2. The molecule has 3 aromatic rings. The molecule has 178 valence electrons. The Morgan fingerprint density at radius 1 is 1.18 bits per heavy atom. The highest BCUT2D eigenvalue weighted by Gasteiger charge is 2.12. The highest BCUT2D eigenvalue weighted by molar-refractivity contribution is 7.71. The monoisotopic (exact) mass is 482 g/mol. The van der Waals surface area contributed by atoms with Gasteiger partial charge in [-0.3, -0.25) is 19.0 Å². The van der Waals surface area contributed by atoms with E-state index in [-0.39, 0.29) is 35.3 Å². The molecule has 0 spiro atoms. The van der Waals surface area contributed by atoms with Crippen LogP contribution in [0.15, 0.2) is 53.8 Å². The van der Waals surface area contributed by atoms with Crippen LogP contribution in [0.5, 0.6) is 11.5 Å². The molecule has 0 fully saturated rings. The van der Waals surface area contributed by atoms with Crippen LogP contribution in [0.1, 0.15) is 22.8 Å². The maximum Gasteiger partial charge on any atom is 0.262 e. The van der Waals surface area contributed by atoms with Gasteiger partial charge in [-0.1, -0.05) is 12.1 Å². The molecule has 0 saturated heterocycles. The van der Waals surface area contributed by atoms with Crippen molar-refractivity contribution in [2.75, 3.05) is 20.3 Å². The van der Waals surface area contributed by atoms with Gasteiger partial charge in [0, 0.05) is 25.2 Å². The lowest BCUT2D eigenvalue weighted by Gasteiger charge is -2.13. The molecule has 3 rings (SSSR count). The standard InChI is InChI=1S/C24H26N4O5S/c1-4-10-28-23(31)17-8-7-16(12-18(17)27-24(28)34)22(30)26-13-15-6-9-19(20(11-15)32-3)33-14-21(29)25-5-2/h4,6-9,11-12H,1,5,10,13-14H2,2-3H3,(H,25,29)(H,26,30)(H,27,34). The van der Waals surface area contributed by atoms with Crippen molar-refractivity contribution in [2.45, 2.75) is 20.0 Å². The maximum atomic E-state index is 12.7. The first-order chi connectivity index (χ1) is 16.4. The second-order valence-corrected chi connectivity index (χ2v) is 7.69. The highest BCUT2D eigenvalue weighted by atomic mass is 32.1. The van der Waals surface area contributed by atoms with Gasteiger partial charge in [-0.2, -0.15) is 0 Å². The lowest BCUT2D eigenvalue weighted by atomic mass is 10.1. The van der Waals surface area contributed by atoms with E-state index in [0.717, 1.165) is 5.56 Å². The van der Waals surface area contributed by atoms with Gasteiger partial charge in [-0.15, -0.1) is 6.58 Å². The number of carbonyl (C=O) groups excluding carboxylic acids is 2. The van der Waals surface area contributed by atoms with Crippen LogP contribution in [0.4, 0.5) is 0 Å². The molecule has 3 N–H and O–H groups in total. The Morgan fingerprint density at radius 2 is 1.97 bits per heavy atom. The number of aromatic amines is 1. The zero-order valence-electron chi connectivity index (χ0n) is 19.0. The van der Waals surface area contributed by atoms with E-state index in [1.165, 1.54) is 11.7 Å². The molecule has 1 aromatic heterocycles. The topological polar surface area (TPSA) is 114 Å². The minimum atomic E-state index is -0.313. The summed E-state index contributed by atoms with van der Waals surface area (Å²) in [5.41, 5.74) is 1.40. The number of H-pyrrole nitrogens is 1. The average Bonchev–Trinajstić information content (AvgIpc) is 2.83. The number of benzene rings is 2. The number of hydrogen-bond donors (Lipinski definition) is 3. The Balaban J connectivity index is 1.72. The number of ether oxygens (including phenoxy) is 2. The fourth-order valence-corrected chi connectivity index (χ4v) is 3.58. The number of allylic oxidation sites excluding steroid dienone is 1. The lowest BCUT2D eigenvalue weighted by Crippen LogP contribution is -2.28. The lowest BCUT2D eigenvalue weighted by molar-refractivity contribution is -0.123. The van der Waals surface area contributed by atoms with Gasteiger partial charge < -0.3 is 25.1 Å². The maximum absolute atomic E-state index is 12.7. The first-order valence-corrected chi connectivity index (χ1v) is 11.0. The molecule has 0 aliphatic rings. The molecule has 2 amide bonds. The van der Waals surface area contributed by atoms with E-state index >= 15 is 0 Å². The molecule has 0 unspecified atom stereocenters. The summed E-state index contributed by atoms with van der Waals surface area (Å²) in [5, 5.41) is 5.93. The van der Waals surface area contributed by atoms with Crippen molar-refractivity contribution < 1.29 is 19.1 Å². The van der Waals surface area contributed by atoms with E-state index in [0.29, 0.717) is 41.1 Å². The smallest absolute Gasteiger partial charge is 0.262 e. The Kier molecular flexibility index (Phi) is 8.20. The van der Waals surface area contributed by atoms with Gasteiger partial charge in [-0.05, 0) is 55.0 Å². The van der Waals surface area contributed by atoms with Gasteiger partial charge in [0.1, 0.15) is 0 Å². The van der Waals surface area contributed by atoms with E-state index in [2.05, 4.69) is 22.2 Å². The molecule has 0 bridgehead atoms. The molecule has 0 saturated carbocycles. The van der Waals surface area contributed by atoms with Crippen LogP contribution in [-0.2, 0) is 17.9 Å². The Hall–Kier alpha value is -3.92. The zero-order valence-corrected chi connectivity index (χ0v) is 19.8. The van der Waals surface area contributed by atoms with E-state index in [1.54, 1.807) is 42.5 Å². The number of rotatable bonds is 10. The third-order valence-electron chi connectivity index (χ3n) is 4.97. The van der Waals surface area contributed by atoms with Gasteiger partial charge in [0.05, 0.1) is 18.0 Å². The van der Waals surface area contributed by atoms with Crippen molar-refractivity contribution >= 4 is 34.9 Å². The number of amides is 2. The highest BCUT2D eigenvalue weighted by Crippen LogP contribution is 2.28. The quantitative estimate of drug-likeness (QED) is 0.302. The van der Waals surface area contributed by atoms with Crippen molar-refractivity contribution in [1.82, 2.24) is 20.2 Å². The van der Waals surface area contributed by atoms with Crippen molar-refractivity contribution in [3.63, 3.8) is 0 Å². The number of nitrogens with zero attached hydrogens (tertiary/aromatic N) is 1. The zero-order chi connectivity index (χ0) is 24.7. The predicted molar refractivity (Wildman–Crippen MR) is 132 cm³/mol. The van der Waals surface area contributed by atoms with Crippen LogP contribution in [0, 0.1) is 4.77 Å². The Morgan fingerprint density at radius 3 is 2.68 bits per heavy atom. The summed E-state index contributed by atoms with van der Waals surface area (Å²) in [7, 11) is 1.50. The SMILES string of the molecule is C=CCn1c(=S)[nH]c2cc(C(=O)NCc3ccc(OCC(=O)NCC)c(OC)c3)ccc2c1=O. The Labute approximate surface area is 201 Å². The van der Waals surface area contributed by atoms with Crippen molar-refractivity contribution in [3.05, 3.63) is 75.3 Å². The summed E-state index contributed by atoms with van der Waals surface area (Å²) in [4.78, 5) is 39.9. The molecule has 0 radical (unpaired) electrons. The van der Waals surface area contributed by atoms with Gasteiger partial charge in [-0.25, -0.2) is 0 Å². The third kappa shape index (κ3) is 5.70. The summed E-state index contributed by atoms with van der Waals surface area (Å²) < 4.78 is 12.5. The van der Waals surface area contributed by atoms with Crippen LogP contribution >= 0.6 is 12.2 Å². The molecule has 0 atom stereocenters. The molecule has 9 nitrogen and oxygen atoms in total. The number of fused-ring (bicyclic) bond motifs is 1. The predicted octanol–water partition coefficient (Wildman–Crippen LogP) is 2.70. The van der Waals surface area contributed by atoms with Crippen LogP contribution < -0.4 is 25.7 Å². The van der Waals surface area contributed by atoms with Crippen LogP contribution in [0.25, 0.3) is 10.9 Å². The van der Waals surface area contributed by atoms with E-state index in [4.69, 9.17) is 21.7 Å². The van der Waals surface area contributed by atoms with Crippen LogP contribution in [-0.4, -0.2) is 41.6 Å². The summed E-state index contributed by atoms with van der Waals surface area (Å²) in [5.74, 6) is 0.337. The fourth-order valence-electron chi connectivity index (χ4n) is 3.31. The van der Waals surface area contributed by atoms with Crippen molar-refractivity contribution in [3.8, 4) is 11.5 Å². The fraction of sp³-hybridized carbons (Fsp3) is 0.250. The molecule has 1 heterocycles. The first-order valence-electron chi connectivity index (χ1n) is 10.6. The van der Waals surface area contributed by atoms with E-state index in [1.807, 2.05) is 6.92 Å². The molecule has 0 aliphatic carbocycles. The van der Waals surface area contributed by atoms with Crippen molar-refractivity contribution in [1.29, 1.82) is 0 Å². The summed E-state index contributed by atoms with van der Waals surface area (Å²) in [6.07, 6.45) is 1.59. The van der Waals surface area contributed by atoms with E-state index < -0.39 is 0 Å². The summed E-state index contributed by atoms with van der Waals surface area (Å²) in [6.45, 7) is 6.40. The molecular weight excluding hydrogens is 456 g/mol. The largest absolute Gasteiger partial charge is 0.493 e. The molecule has 2 aromatic carbocycles. The number of carbonyl (C=O) groups is 2. The van der Waals surface area contributed by atoms with Gasteiger partial charge >= 0.3 is 0 Å². The van der Waals surface area contributed by atoms with Gasteiger partial charge in [0.25, 0.3) is 17.4 Å². The van der Waals surface area contributed by atoms with E-state index in [9.17, 15) is 14.4 Å². The average molecular weight is 483 g/mol. The van der Waals surface area contributed by atoms with Gasteiger partial charge in [0.15, 0.2) is 22.9 Å². The molecule has 0 aliphatic heterocycles. The minimum absolute atomic E-state index is 0.121.